The van der Waals surface area contributed by atoms with Gasteiger partial charge in [0.1, 0.15) is 0 Å². The average Bonchev–Trinajstić information content (AvgIpc) is 2.81. The first kappa shape index (κ1) is 12.2. The van der Waals surface area contributed by atoms with Gasteiger partial charge in [0, 0.05) is 37.6 Å². The number of aromatic nitrogens is 2. The Morgan fingerprint density at radius 3 is 2.72 bits per heavy atom. The van der Waals surface area contributed by atoms with Gasteiger partial charge in [-0.05, 0) is 12.1 Å². The molecule has 4 nitrogen and oxygen atoms in total. The van der Waals surface area contributed by atoms with Crippen LogP contribution in [0.4, 0.5) is 5.69 Å². The number of hydrogen-bond acceptors (Lipinski definition) is 3. The lowest BCUT2D eigenvalue weighted by atomic mass is 10.2. The molecule has 0 unspecified atom stereocenters. The molecule has 0 spiro atoms. The Morgan fingerprint density at radius 2 is 2.11 bits per heavy atom. The van der Waals surface area contributed by atoms with Gasteiger partial charge < -0.3 is 4.90 Å². The lowest BCUT2D eigenvalue weighted by Gasteiger charge is -2.23. The van der Waals surface area contributed by atoms with E-state index in [1.54, 1.807) is 4.68 Å². The zero-order valence-electron chi connectivity index (χ0n) is 10.5. The second-order valence-electron chi connectivity index (χ2n) is 4.19. The van der Waals surface area contributed by atoms with Crippen LogP contribution in [-0.4, -0.2) is 16.3 Å². The third-order valence-corrected chi connectivity index (χ3v) is 2.75. The normalized spacial score (nSPS) is 10.0. The van der Waals surface area contributed by atoms with Crippen LogP contribution in [0.2, 0.25) is 0 Å². The Balaban J connectivity index is 2.13. The molecule has 0 bridgehead atoms. The third kappa shape index (κ3) is 3.11. The quantitative estimate of drug-likeness (QED) is 0.805. The fraction of sp³-hybridized carbons (Fsp3) is 0.286. The van der Waals surface area contributed by atoms with E-state index in [1.165, 1.54) is 0 Å². The Bertz CT molecular complexity index is 524. The topological polar surface area (TPSA) is 44.9 Å². The second-order valence-corrected chi connectivity index (χ2v) is 4.19. The summed E-state index contributed by atoms with van der Waals surface area (Å²) in [7, 11) is 1.91. The van der Waals surface area contributed by atoms with E-state index in [1.807, 2.05) is 37.6 Å². The molecule has 0 amide bonds. The van der Waals surface area contributed by atoms with Crippen LogP contribution in [0.15, 0.2) is 42.7 Å². The van der Waals surface area contributed by atoms with Gasteiger partial charge in [-0.2, -0.15) is 10.4 Å². The number of rotatable bonds is 5. The summed E-state index contributed by atoms with van der Waals surface area (Å²) in [5, 5.41) is 12.9. The molecular formula is C14H16N4. The summed E-state index contributed by atoms with van der Waals surface area (Å²) >= 11 is 0. The summed E-state index contributed by atoms with van der Waals surface area (Å²) in [5.74, 6) is 0. The highest BCUT2D eigenvalue weighted by Gasteiger charge is 2.07. The predicted octanol–water partition coefficient (Wildman–Crippen LogP) is 2.34. The van der Waals surface area contributed by atoms with E-state index < -0.39 is 0 Å². The minimum atomic E-state index is 0.523. The minimum Gasteiger partial charge on any atom is -0.366 e. The molecule has 2 rings (SSSR count). The zero-order valence-corrected chi connectivity index (χ0v) is 10.5. The molecule has 1 heterocycles. The molecule has 0 atom stereocenters. The van der Waals surface area contributed by atoms with Gasteiger partial charge in [-0.1, -0.05) is 18.2 Å². The maximum Gasteiger partial charge on any atom is 0.0640 e. The van der Waals surface area contributed by atoms with Crippen molar-refractivity contribution >= 4 is 5.69 Å². The van der Waals surface area contributed by atoms with Crippen LogP contribution in [0.1, 0.15) is 12.0 Å². The Kier molecular flexibility index (Phi) is 3.98. The van der Waals surface area contributed by atoms with Crippen molar-refractivity contribution in [3.63, 3.8) is 0 Å². The van der Waals surface area contributed by atoms with Gasteiger partial charge in [0.15, 0.2) is 0 Å². The maximum atomic E-state index is 8.74. The van der Waals surface area contributed by atoms with Crippen LogP contribution >= 0.6 is 0 Å². The van der Waals surface area contributed by atoms with Gasteiger partial charge in [0.05, 0.1) is 18.7 Å². The molecule has 0 N–H and O–H groups in total. The number of nitrogens with zero attached hydrogens (tertiary/aromatic N) is 4. The maximum absolute atomic E-state index is 8.74. The van der Waals surface area contributed by atoms with Crippen LogP contribution in [0.25, 0.3) is 0 Å². The number of aryl methyl sites for hydroxylation is 1. The van der Waals surface area contributed by atoms with Gasteiger partial charge in [-0.3, -0.25) is 4.68 Å². The second kappa shape index (κ2) is 5.87. The number of para-hydroxylation sites is 1. The van der Waals surface area contributed by atoms with Crippen LogP contribution in [0.3, 0.4) is 0 Å². The molecule has 1 aromatic carbocycles. The highest BCUT2D eigenvalue weighted by atomic mass is 15.2. The molecule has 0 radical (unpaired) electrons. The van der Waals surface area contributed by atoms with Crippen LogP contribution in [0, 0.1) is 11.3 Å². The van der Waals surface area contributed by atoms with Crippen molar-refractivity contribution in [1.82, 2.24) is 9.78 Å². The SMILES string of the molecule is Cn1cc(CN(CCC#N)c2ccccc2)cn1. The van der Waals surface area contributed by atoms with Gasteiger partial charge in [0.2, 0.25) is 0 Å². The number of hydrogen-bond donors (Lipinski definition) is 0. The molecule has 0 aliphatic rings. The van der Waals surface area contributed by atoms with Crippen LogP contribution in [0.5, 0.6) is 0 Å². The lowest BCUT2D eigenvalue weighted by Crippen LogP contribution is -2.23. The molecule has 0 saturated carbocycles. The van der Waals surface area contributed by atoms with Crippen molar-refractivity contribution in [3.8, 4) is 6.07 Å². The van der Waals surface area contributed by atoms with Gasteiger partial charge in [-0.25, -0.2) is 0 Å². The van der Waals surface area contributed by atoms with E-state index in [2.05, 4.69) is 28.2 Å². The van der Waals surface area contributed by atoms with Crippen LogP contribution in [-0.2, 0) is 13.6 Å². The van der Waals surface area contributed by atoms with Crippen molar-refractivity contribution in [3.05, 3.63) is 48.3 Å². The summed E-state index contributed by atoms with van der Waals surface area (Å²) in [6.07, 6.45) is 4.39. The molecule has 0 aliphatic heterocycles. The Labute approximate surface area is 107 Å². The highest BCUT2D eigenvalue weighted by Crippen LogP contribution is 2.16. The predicted molar refractivity (Wildman–Crippen MR) is 70.9 cm³/mol. The molecule has 0 fully saturated rings. The molecule has 0 saturated heterocycles. The van der Waals surface area contributed by atoms with Crippen molar-refractivity contribution in [1.29, 1.82) is 5.26 Å². The van der Waals surface area contributed by atoms with Gasteiger partial charge >= 0.3 is 0 Å². The summed E-state index contributed by atoms with van der Waals surface area (Å²) in [4.78, 5) is 2.19. The fourth-order valence-corrected chi connectivity index (χ4v) is 1.90. The van der Waals surface area contributed by atoms with Gasteiger partial charge in [-0.15, -0.1) is 0 Å². The van der Waals surface area contributed by atoms with Gasteiger partial charge in [0.25, 0.3) is 0 Å². The molecule has 92 valence electrons. The summed E-state index contributed by atoms with van der Waals surface area (Å²) < 4.78 is 1.79. The van der Waals surface area contributed by atoms with E-state index in [9.17, 15) is 0 Å². The Morgan fingerprint density at radius 1 is 1.33 bits per heavy atom. The summed E-state index contributed by atoms with van der Waals surface area (Å²) in [6, 6.07) is 12.3. The molecule has 4 heteroatoms. The molecule has 2 aromatic rings. The van der Waals surface area contributed by atoms with Crippen LogP contribution < -0.4 is 4.90 Å². The number of benzene rings is 1. The van der Waals surface area contributed by atoms with E-state index in [0.29, 0.717) is 6.42 Å². The first-order valence-electron chi connectivity index (χ1n) is 5.94. The minimum absolute atomic E-state index is 0.523. The largest absolute Gasteiger partial charge is 0.366 e. The zero-order chi connectivity index (χ0) is 12.8. The number of anilines is 1. The fourth-order valence-electron chi connectivity index (χ4n) is 1.90. The molecule has 0 aliphatic carbocycles. The summed E-state index contributed by atoms with van der Waals surface area (Å²) in [5.41, 5.74) is 2.29. The van der Waals surface area contributed by atoms with Crippen molar-refractivity contribution in [2.75, 3.05) is 11.4 Å². The van der Waals surface area contributed by atoms with E-state index in [4.69, 9.17) is 5.26 Å². The lowest BCUT2D eigenvalue weighted by molar-refractivity contribution is 0.763. The summed E-state index contributed by atoms with van der Waals surface area (Å²) in [6.45, 7) is 1.51. The van der Waals surface area contributed by atoms with E-state index in [0.717, 1.165) is 24.3 Å². The van der Waals surface area contributed by atoms with E-state index in [-0.39, 0.29) is 0 Å². The van der Waals surface area contributed by atoms with E-state index >= 15 is 0 Å². The molecular weight excluding hydrogens is 224 g/mol. The monoisotopic (exact) mass is 240 g/mol. The highest BCUT2D eigenvalue weighted by molar-refractivity contribution is 5.46. The Hall–Kier alpha value is -2.28. The van der Waals surface area contributed by atoms with Crippen molar-refractivity contribution in [2.24, 2.45) is 7.05 Å². The first-order valence-corrected chi connectivity index (χ1v) is 5.94. The van der Waals surface area contributed by atoms with Crippen molar-refractivity contribution < 1.29 is 0 Å². The first-order chi connectivity index (χ1) is 8.79. The number of nitriles is 1. The smallest absolute Gasteiger partial charge is 0.0640 e. The van der Waals surface area contributed by atoms with Crippen molar-refractivity contribution in [2.45, 2.75) is 13.0 Å². The standard InChI is InChI=1S/C14H16N4/c1-17-11-13(10-16-17)12-18(9-5-8-15)14-6-3-2-4-7-14/h2-4,6-7,10-11H,5,9,12H2,1H3. The molecule has 1 aromatic heterocycles. The molecule has 18 heavy (non-hydrogen) atoms. The third-order valence-electron chi connectivity index (χ3n) is 2.75. The average molecular weight is 240 g/mol.